The summed E-state index contributed by atoms with van der Waals surface area (Å²) in [6.07, 6.45) is 0.114. The van der Waals surface area contributed by atoms with Crippen molar-refractivity contribution in [3.63, 3.8) is 0 Å². The molecule has 1 heterocycles. The number of methoxy groups -OCH3 is 1. The summed E-state index contributed by atoms with van der Waals surface area (Å²) < 4.78 is 24.5. The van der Waals surface area contributed by atoms with Crippen LogP contribution in [-0.2, 0) is 0 Å². The van der Waals surface area contributed by atoms with Crippen molar-refractivity contribution in [2.75, 3.05) is 7.11 Å². The van der Waals surface area contributed by atoms with Crippen LogP contribution in [0, 0.1) is 5.82 Å². The second-order valence-corrected chi connectivity index (χ2v) is 5.10. The van der Waals surface area contributed by atoms with Gasteiger partial charge in [0.2, 0.25) is 0 Å². The zero-order valence-corrected chi connectivity index (χ0v) is 11.5. The first-order valence-electron chi connectivity index (χ1n) is 6.66. The van der Waals surface area contributed by atoms with Crippen molar-refractivity contribution in [3.05, 3.63) is 53.3 Å². The van der Waals surface area contributed by atoms with Crippen LogP contribution in [0.2, 0.25) is 0 Å². The minimum atomic E-state index is -0.501. The maximum Gasteiger partial charge on any atom is 0.128 e. The van der Waals surface area contributed by atoms with Crippen molar-refractivity contribution in [1.82, 2.24) is 0 Å². The monoisotopic (exact) mass is 289 g/mol. The summed E-state index contributed by atoms with van der Waals surface area (Å²) in [4.78, 5) is 0. The van der Waals surface area contributed by atoms with E-state index in [1.807, 2.05) is 12.1 Å². The fourth-order valence-corrected chi connectivity index (χ4v) is 2.60. The Hall–Kier alpha value is -2.27. The van der Waals surface area contributed by atoms with E-state index in [0.717, 1.165) is 11.6 Å². The Morgan fingerprint density at radius 3 is 2.81 bits per heavy atom. The van der Waals surface area contributed by atoms with E-state index in [0.29, 0.717) is 23.5 Å². The lowest BCUT2D eigenvalue weighted by Crippen LogP contribution is -2.24. The van der Waals surface area contributed by atoms with E-state index < -0.39 is 11.9 Å². The number of aromatic hydroxyl groups is 1. The van der Waals surface area contributed by atoms with Crippen LogP contribution in [0.5, 0.6) is 17.2 Å². The highest BCUT2D eigenvalue weighted by Gasteiger charge is 2.28. The fourth-order valence-electron chi connectivity index (χ4n) is 2.60. The number of fused-ring (bicyclic) bond motifs is 1. The molecule has 0 aliphatic carbocycles. The van der Waals surface area contributed by atoms with E-state index in [2.05, 4.69) is 0 Å². The average molecular weight is 289 g/mol. The highest BCUT2D eigenvalue weighted by atomic mass is 19.1. The van der Waals surface area contributed by atoms with Gasteiger partial charge >= 0.3 is 0 Å². The Labute approximate surface area is 121 Å². The van der Waals surface area contributed by atoms with Crippen molar-refractivity contribution >= 4 is 0 Å². The van der Waals surface area contributed by atoms with Gasteiger partial charge in [-0.1, -0.05) is 6.07 Å². The van der Waals surface area contributed by atoms with Gasteiger partial charge in [0.1, 0.15) is 29.2 Å². The van der Waals surface area contributed by atoms with Crippen LogP contribution in [0.3, 0.4) is 0 Å². The predicted molar refractivity (Wildman–Crippen MR) is 76.0 cm³/mol. The van der Waals surface area contributed by atoms with Gasteiger partial charge in [0.05, 0.1) is 7.11 Å². The molecule has 0 radical (unpaired) electrons. The molecule has 0 fully saturated rings. The molecule has 2 aromatic rings. The number of rotatable bonds is 2. The first kappa shape index (κ1) is 13.7. The molecule has 0 aromatic heterocycles. The molecule has 3 rings (SSSR count). The predicted octanol–water partition coefficient (Wildman–Crippen LogP) is 3.06. The molecule has 1 aliphatic rings. The number of ether oxygens (including phenoxy) is 2. The number of phenols is 1. The summed E-state index contributed by atoms with van der Waals surface area (Å²) in [5.41, 5.74) is 7.63. The molecule has 2 atom stereocenters. The van der Waals surface area contributed by atoms with Gasteiger partial charge in [0, 0.05) is 30.2 Å². The molecule has 0 saturated carbocycles. The summed E-state index contributed by atoms with van der Waals surface area (Å²) in [6, 6.07) is 9.15. The van der Waals surface area contributed by atoms with Gasteiger partial charge in [-0.2, -0.15) is 0 Å². The molecule has 4 nitrogen and oxygen atoms in total. The van der Waals surface area contributed by atoms with E-state index >= 15 is 0 Å². The van der Waals surface area contributed by atoms with Gasteiger partial charge in [0.25, 0.3) is 0 Å². The molecule has 0 spiro atoms. The number of benzene rings is 2. The minimum absolute atomic E-state index is 0.126. The number of nitrogens with two attached hydrogens (primary N) is 1. The number of hydrogen-bond donors (Lipinski definition) is 2. The van der Waals surface area contributed by atoms with Crippen molar-refractivity contribution in [3.8, 4) is 17.2 Å². The van der Waals surface area contributed by atoms with E-state index in [9.17, 15) is 9.50 Å². The lowest BCUT2D eigenvalue weighted by molar-refractivity contribution is 0.160. The molecule has 21 heavy (non-hydrogen) atoms. The Morgan fingerprint density at radius 2 is 2.10 bits per heavy atom. The van der Waals surface area contributed by atoms with Crippen LogP contribution in [0.1, 0.15) is 29.7 Å². The Kier molecular flexibility index (Phi) is 3.43. The third kappa shape index (κ3) is 2.64. The molecule has 5 heteroatoms. The third-order valence-corrected chi connectivity index (χ3v) is 3.63. The molecule has 0 amide bonds. The largest absolute Gasteiger partial charge is 0.508 e. The van der Waals surface area contributed by atoms with E-state index in [1.165, 1.54) is 12.1 Å². The molecule has 1 aliphatic heterocycles. The third-order valence-electron chi connectivity index (χ3n) is 3.63. The molecule has 1 unspecified atom stereocenters. The first-order chi connectivity index (χ1) is 10.1. The molecule has 0 saturated heterocycles. The molecule has 2 aromatic carbocycles. The Bertz CT molecular complexity index is 654. The Balaban J connectivity index is 1.96. The van der Waals surface area contributed by atoms with Crippen LogP contribution in [0.15, 0.2) is 36.4 Å². The maximum absolute atomic E-state index is 13.4. The number of phenolic OH excluding ortho intramolecular Hbond substituents is 1. The zero-order valence-electron chi connectivity index (χ0n) is 11.5. The van der Waals surface area contributed by atoms with E-state index in [1.54, 1.807) is 13.2 Å². The highest BCUT2D eigenvalue weighted by molar-refractivity contribution is 5.45. The SMILES string of the molecule is COc1ccc2c(c1)OC(c1cc(O)cc(F)c1)C[C@H]2N. The molecule has 110 valence electrons. The fraction of sp³-hybridized carbons (Fsp3) is 0.250. The van der Waals surface area contributed by atoms with Gasteiger partial charge < -0.3 is 20.3 Å². The quantitative estimate of drug-likeness (QED) is 0.891. The van der Waals surface area contributed by atoms with Crippen molar-refractivity contribution in [2.24, 2.45) is 5.73 Å². The van der Waals surface area contributed by atoms with Crippen LogP contribution in [-0.4, -0.2) is 12.2 Å². The summed E-state index contributed by atoms with van der Waals surface area (Å²) in [6.45, 7) is 0. The van der Waals surface area contributed by atoms with Crippen molar-refractivity contribution in [1.29, 1.82) is 0 Å². The lowest BCUT2D eigenvalue weighted by atomic mass is 9.93. The van der Waals surface area contributed by atoms with E-state index in [-0.39, 0.29) is 11.8 Å². The number of hydrogen-bond acceptors (Lipinski definition) is 4. The molecular formula is C16H16FNO3. The first-order valence-corrected chi connectivity index (χ1v) is 6.66. The summed E-state index contributed by atoms with van der Waals surface area (Å²) in [5.74, 6) is 0.669. The van der Waals surface area contributed by atoms with Crippen molar-refractivity contribution < 1.29 is 19.0 Å². The van der Waals surface area contributed by atoms with Crippen LogP contribution < -0.4 is 15.2 Å². The van der Waals surface area contributed by atoms with Gasteiger partial charge in [0.15, 0.2) is 0 Å². The second kappa shape index (κ2) is 5.26. The van der Waals surface area contributed by atoms with Crippen molar-refractivity contribution in [2.45, 2.75) is 18.6 Å². The van der Waals surface area contributed by atoms with Crippen LogP contribution in [0.25, 0.3) is 0 Å². The average Bonchev–Trinajstić information content (AvgIpc) is 2.45. The van der Waals surface area contributed by atoms with Crippen LogP contribution >= 0.6 is 0 Å². The van der Waals surface area contributed by atoms with Gasteiger partial charge in [-0.05, 0) is 23.8 Å². The van der Waals surface area contributed by atoms with Gasteiger partial charge in [-0.15, -0.1) is 0 Å². The molecule has 0 bridgehead atoms. The molecule has 3 N–H and O–H groups in total. The lowest BCUT2D eigenvalue weighted by Gasteiger charge is -2.31. The zero-order chi connectivity index (χ0) is 15.0. The minimum Gasteiger partial charge on any atom is -0.508 e. The highest BCUT2D eigenvalue weighted by Crippen LogP contribution is 2.41. The smallest absolute Gasteiger partial charge is 0.128 e. The summed E-state index contributed by atoms with van der Waals surface area (Å²) in [7, 11) is 1.58. The van der Waals surface area contributed by atoms with Crippen LogP contribution in [0.4, 0.5) is 4.39 Å². The molecular weight excluding hydrogens is 273 g/mol. The van der Waals surface area contributed by atoms with Gasteiger partial charge in [-0.3, -0.25) is 0 Å². The summed E-state index contributed by atoms with van der Waals surface area (Å²) >= 11 is 0. The second-order valence-electron chi connectivity index (χ2n) is 5.10. The normalized spacial score (nSPS) is 20.5. The topological polar surface area (TPSA) is 64.7 Å². The Morgan fingerprint density at radius 1 is 1.29 bits per heavy atom. The maximum atomic E-state index is 13.4. The van der Waals surface area contributed by atoms with Gasteiger partial charge in [-0.25, -0.2) is 4.39 Å². The standard InChI is InChI=1S/C16H16FNO3/c1-20-12-2-3-13-14(18)8-15(21-16(13)7-12)9-4-10(17)6-11(19)5-9/h2-7,14-15,19H,8,18H2,1H3/t14-,15?/m1/s1. The number of halogens is 1. The summed E-state index contributed by atoms with van der Waals surface area (Å²) in [5, 5.41) is 9.52. The van der Waals surface area contributed by atoms with E-state index in [4.69, 9.17) is 15.2 Å².